The summed E-state index contributed by atoms with van der Waals surface area (Å²) in [5, 5.41) is 19.8. The normalized spacial score (nSPS) is 28.3. The Morgan fingerprint density at radius 1 is 1.16 bits per heavy atom. The van der Waals surface area contributed by atoms with Crippen molar-refractivity contribution in [3.8, 4) is 11.5 Å². The molecule has 0 amide bonds. The average Bonchev–Trinajstić information content (AvgIpc) is 2.48. The number of allylic oxidation sites excluding steroid dienone is 1. The summed E-state index contributed by atoms with van der Waals surface area (Å²) in [7, 11) is 0. The molecule has 0 aromatic heterocycles. The maximum atomic E-state index is 12.5. The van der Waals surface area contributed by atoms with Gasteiger partial charge in [0.1, 0.15) is 23.2 Å². The van der Waals surface area contributed by atoms with E-state index in [1.807, 2.05) is 0 Å². The van der Waals surface area contributed by atoms with Gasteiger partial charge in [-0.1, -0.05) is 17.7 Å². The number of carbonyl (C=O) groups is 2. The number of fused-ring (bicyclic) bond motifs is 6. The van der Waals surface area contributed by atoms with Gasteiger partial charge in [0.25, 0.3) is 0 Å². The molecule has 3 aliphatic rings. The number of rotatable bonds is 0. The van der Waals surface area contributed by atoms with Gasteiger partial charge in [-0.3, -0.25) is 4.79 Å². The molecule has 1 fully saturated rings. The number of benzene rings is 1. The lowest BCUT2D eigenvalue weighted by molar-refractivity contribution is -0.135. The van der Waals surface area contributed by atoms with Crippen molar-refractivity contribution in [1.82, 2.24) is 0 Å². The number of aromatic hydroxyl groups is 2. The number of halogens is 1. The van der Waals surface area contributed by atoms with Gasteiger partial charge in [0.2, 0.25) is 0 Å². The SMILES string of the molecule is C[C@H]1CC2CC(C/C=C/C(=O)Cc3c(Cl)c(O)cc(O)c3C(=O)O1)O2. The molecule has 0 spiro atoms. The molecule has 2 unspecified atom stereocenters. The quantitative estimate of drug-likeness (QED) is 0.686. The molecule has 25 heavy (non-hydrogen) atoms. The molecule has 4 rings (SSSR count). The molecule has 3 heterocycles. The van der Waals surface area contributed by atoms with Crippen LogP contribution < -0.4 is 0 Å². The van der Waals surface area contributed by atoms with Crippen LogP contribution >= 0.6 is 11.6 Å². The van der Waals surface area contributed by atoms with Crippen LogP contribution in [0.15, 0.2) is 18.2 Å². The van der Waals surface area contributed by atoms with Gasteiger partial charge in [-0.15, -0.1) is 0 Å². The van der Waals surface area contributed by atoms with Gasteiger partial charge < -0.3 is 19.7 Å². The highest BCUT2D eigenvalue weighted by atomic mass is 35.5. The number of hydrogen-bond acceptors (Lipinski definition) is 6. The Balaban J connectivity index is 1.99. The fourth-order valence-electron chi connectivity index (χ4n) is 3.18. The first-order valence-corrected chi connectivity index (χ1v) is 8.52. The van der Waals surface area contributed by atoms with Gasteiger partial charge >= 0.3 is 5.97 Å². The third kappa shape index (κ3) is 3.80. The van der Waals surface area contributed by atoms with E-state index in [0.717, 1.165) is 12.5 Å². The Hall–Kier alpha value is -2.05. The Morgan fingerprint density at radius 3 is 2.60 bits per heavy atom. The van der Waals surface area contributed by atoms with E-state index in [4.69, 9.17) is 21.1 Å². The Bertz CT molecular complexity index is 736. The van der Waals surface area contributed by atoms with Crippen molar-refractivity contribution < 1.29 is 29.3 Å². The standard InChI is InChI=1S/C18H19ClO6/c1-9-5-12-7-11(25-12)4-2-3-10(20)6-13-16(18(23)24-9)14(21)8-15(22)17(13)19/h2-3,8-9,11-12,21-22H,4-7H2,1H3/b3-2+/t9-,11?,12?/m0/s1. The first-order chi connectivity index (χ1) is 11.8. The zero-order valence-electron chi connectivity index (χ0n) is 13.7. The predicted molar refractivity (Wildman–Crippen MR) is 90.0 cm³/mol. The maximum absolute atomic E-state index is 12.5. The fraction of sp³-hybridized carbons (Fsp3) is 0.444. The second kappa shape index (κ2) is 7.06. The number of phenolic OH excluding ortho intramolecular Hbond substituents is 2. The van der Waals surface area contributed by atoms with Crippen molar-refractivity contribution in [2.75, 3.05) is 0 Å². The molecule has 0 aliphatic carbocycles. The zero-order chi connectivity index (χ0) is 18.1. The third-order valence-electron chi connectivity index (χ3n) is 4.39. The van der Waals surface area contributed by atoms with Gasteiger partial charge in [-0.25, -0.2) is 4.79 Å². The molecule has 1 saturated heterocycles. The summed E-state index contributed by atoms with van der Waals surface area (Å²) in [6.07, 6.45) is 4.58. The van der Waals surface area contributed by atoms with E-state index in [2.05, 4.69) is 0 Å². The molecule has 3 aliphatic heterocycles. The van der Waals surface area contributed by atoms with Crippen LogP contribution in [0.5, 0.6) is 11.5 Å². The van der Waals surface area contributed by atoms with Crippen LogP contribution in [0.2, 0.25) is 5.02 Å². The number of phenols is 2. The second-order valence-corrected chi connectivity index (χ2v) is 6.81. The molecular formula is C18H19ClO6. The number of esters is 1. The van der Waals surface area contributed by atoms with E-state index < -0.39 is 23.6 Å². The van der Waals surface area contributed by atoms with Crippen molar-refractivity contribution in [1.29, 1.82) is 0 Å². The highest BCUT2D eigenvalue weighted by molar-refractivity contribution is 6.33. The Kier molecular flexibility index (Phi) is 5.01. The van der Waals surface area contributed by atoms with E-state index in [-0.39, 0.29) is 40.6 Å². The molecule has 3 atom stereocenters. The lowest BCUT2D eigenvalue weighted by Gasteiger charge is -2.37. The smallest absolute Gasteiger partial charge is 0.342 e. The minimum Gasteiger partial charge on any atom is -0.507 e. The average molecular weight is 367 g/mol. The molecule has 134 valence electrons. The largest absolute Gasteiger partial charge is 0.507 e. The topological polar surface area (TPSA) is 93.1 Å². The highest BCUT2D eigenvalue weighted by Crippen LogP contribution is 2.37. The van der Waals surface area contributed by atoms with Crippen molar-refractivity contribution in [2.24, 2.45) is 0 Å². The van der Waals surface area contributed by atoms with Crippen molar-refractivity contribution in [3.63, 3.8) is 0 Å². The Morgan fingerprint density at radius 2 is 1.88 bits per heavy atom. The van der Waals surface area contributed by atoms with Gasteiger partial charge in [-0.2, -0.15) is 0 Å². The molecule has 0 radical (unpaired) electrons. The summed E-state index contributed by atoms with van der Waals surface area (Å²) in [5.74, 6) is -1.96. The van der Waals surface area contributed by atoms with Crippen molar-refractivity contribution in [3.05, 3.63) is 34.4 Å². The summed E-state index contributed by atoms with van der Waals surface area (Å²) in [4.78, 5) is 24.7. The van der Waals surface area contributed by atoms with E-state index in [0.29, 0.717) is 12.8 Å². The van der Waals surface area contributed by atoms with Crippen molar-refractivity contribution in [2.45, 2.75) is 50.9 Å². The third-order valence-corrected chi connectivity index (χ3v) is 4.81. The van der Waals surface area contributed by atoms with Crippen LogP contribution in [0.4, 0.5) is 0 Å². The minimum absolute atomic E-state index is 0.0105. The summed E-state index contributed by atoms with van der Waals surface area (Å²) >= 11 is 6.07. The molecule has 6 nitrogen and oxygen atoms in total. The van der Waals surface area contributed by atoms with Crippen LogP contribution in [0.25, 0.3) is 0 Å². The molecular weight excluding hydrogens is 348 g/mol. The number of hydrogen-bond donors (Lipinski definition) is 2. The first kappa shape index (κ1) is 17.8. The lowest BCUT2D eigenvalue weighted by Crippen LogP contribution is -2.39. The fourth-order valence-corrected chi connectivity index (χ4v) is 3.40. The van der Waals surface area contributed by atoms with E-state index >= 15 is 0 Å². The minimum atomic E-state index is -0.786. The summed E-state index contributed by atoms with van der Waals surface area (Å²) in [6.45, 7) is 1.74. The van der Waals surface area contributed by atoms with Crippen LogP contribution in [0, 0.1) is 0 Å². The van der Waals surface area contributed by atoms with Crippen LogP contribution in [0.1, 0.15) is 42.1 Å². The number of carbonyl (C=O) groups excluding carboxylic acids is 2. The number of ether oxygens (including phenoxy) is 2. The summed E-state index contributed by atoms with van der Waals surface area (Å²) in [5.41, 5.74) is -0.134. The second-order valence-electron chi connectivity index (χ2n) is 6.43. The Labute approximate surface area is 150 Å². The molecule has 7 heteroatoms. The van der Waals surface area contributed by atoms with Crippen LogP contribution in [0.3, 0.4) is 0 Å². The van der Waals surface area contributed by atoms with E-state index in [9.17, 15) is 19.8 Å². The molecule has 2 N–H and O–H groups in total. The maximum Gasteiger partial charge on any atom is 0.342 e. The van der Waals surface area contributed by atoms with Gasteiger partial charge in [-0.05, 0) is 19.4 Å². The van der Waals surface area contributed by atoms with Crippen molar-refractivity contribution >= 4 is 23.4 Å². The molecule has 1 aromatic rings. The monoisotopic (exact) mass is 366 g/mol. The zero-order valence-corrected chi connectivity index (χ0v) is 14.5. The summed E-state index contributed by atoms with van der Waals surface area (Å²) in [6, 6.07) is 0.968. The van der Waals surface area contributed by atoms with Gasteiger partial charge in [0, 0.05) is 30.9 Å². The lowest BCUT2D eigenvalue weighted by atomic mass is 9.96. The summed E-state index contributed by atoms with van der Waals surface area (Å²) < 4.78 is 11.1. The van der Waals surface area contributed by atoms with Crippen LogP contribution in [-0.2, 0) is 20.7 Å². The predicted octanol–water partition coefficient (Wildman–Crippen LogP) is 2.92. The number of ketones is 1. The highest BCUT2D eigenvalue weighted by Gasteiger charge is 2.32. The van der Waals surface area contributed by atoms with Gasteiger partial charge in [0.15, 0.2) is 5.78 Å². The molecule has 1 aromatic carbocycles. The first-order valence-electron chi connectivity index (χ1n) is 8.14. The van der Waals surface area contributed by atoms with E-state index in [1.54, 1.807) is 13.0 Å². The van der Waals surface area contributed by atoms with E-state index in [1.165, 1.54) is 6.08 Å². The molecule has 0 saturated carbocycles. The molecule has 2 bridgehead atoms. The van der Waals surface area contributed by atoms with Crippen LogP contribution in [-0.4, -0.2) is 40.3 Å². The van der Waals surface area contributed by atoms with Gasteiger partial charge in [0.05, 0.1) is 17.2 Å².